The predicted molar refractivity (Wildman–Crippen MR) is 83.8 cm³/mol. The fourth-order valence-corrected chi connectivity index (χ4v) is 3.43. The van der Waals surface area contributed by atoms with E-state index in [-0.39, 0.29) is 0 Å². The summed E-state index contributed by atoms with van der Waals surface area (Å²) in [5.74, 6) is 1.98. The standard InChI is InChI=1S/C12H18O.C6H5N.Mo/c1-8(2)10-6-5-7-11(9(3)4)12(10)13;7-6-4-2-1-3-5-6;/h5-9,13H,1-4H3;1-5H;/q;;+1/p-1. The van der Waals surface area contributed by atoms with Crippen LogP contribution in [-0.4, -0.2) is 0 Å². The SMILES string of the molecule is CC(C)c1cccc(C(C)C)c1[O][Mo]=[N]c1ccccc1. The molecule has 2 nitrogen and oxygen atoms in total. The van der Waals surface area contributed by atoms with Crippen molar-refractivity contribution in [2.75, 3.05) is 0 Å². The van der Waals surface area contributed by atoms with Gasteiger partial charge in [0.1, 0.15) is 0 Å². The Bertz CT molecular complexity index is 580. The van der Waals surface area contributed by atoms with E-state index in [1.807, 2.05) is 30.3 Å². The summed E-state index contributed by atoms with van der Waals surface area (Å²) >= 11 is -0.882. The van der Waals surface area contributed by atoms with E-state index in [1.54, 1.807) is 0 Å². The first kappa shape index (κ1) is 16.1. The van der Waals surface area contributed by atoms with E-state index >= 15 is 0 Å². The minimum absolute atomic E-state index is 0.461. The molecule has 0 aliphatic rings. The summed E-state index contributed by atoms with van der Waals surface area (Å²) in [6, 6.07) is 16.5. The molecule has 0 N–H and O–H groups in total. The number of nitrogens with zero attached hydrogens (tertiary/aromatic N) is 1. The van der Waals surface area contributed by atoms with Crippen LogP contribution in [0, 0.1) is 0 Å². The molecule has 0 atom stereocenters. The normalized spacial score (nSPS) is 11.5. The minimum atomic E-state index is -0.882. The summed E-state index contributed by atoms with van der Waals surface area (Å²) < 4.78 is 10.8. The van der Waals surface area contributed by atoms with Crippen LogP contribution >= 0.6 is 0 Å². The second kappa shape index (κ2) is 7.66. The van der Waals surface area contributed by atoms with Gasteiger partial charge in [0, 0.05) is 0 Å². The van der Waals surface area contributed by atoms with Crippen molar-refractivity contribution in [2.45, 2.75) is 39.5 Å². The van der Waals surface area contributed by atoms with Crippen LogP contribution in [0.15, 0.2) is 52.0 Å². The van der Waals surface area contributed by atoms with Gasteiger partial charge in [-0.1, -0.05) is 0 Å². The zero-order chi connectivity index (χ0) is 15.2. The van der Waals surface area contributed by atoms with Gasteiger partial charge in [0.25, 0.3) is 0 Å². The van der Waals surface area contributed by atoms with Crippen molar-refractivity contribution in [3.05, 3.63) is 59.7 Å². The maximum atomic E-state index is 6.16. The maximum absolute atomic E-state index is 6.16. The van der Waals surface area contributed by atoms with Crippen LogP contribution in [0.3, 0.4) is 0 Å². The van der Waals surface area contributed by atoms with Crippen molar-refractivity contribution >= 4 is 5.69 Å². The van der Waals surface area contributed by atoms with E-state index < -0.39 is 18.8 Å². The van der Waals surface area contributed by atoms with Crippen LogP contribution in [0.5, 0.6) is 5.75 Å². The van der Waals surface area contributed by atoms with Gasteiger partial charge in [-0.2, -0.15) is 0 Å². The summed E-state index contributed by atoms with van der Waals surface area (Å²) in [5, 5.41) is 0. The second-order valence-corrected chi connectivity index (χ2v) is 6.88. The van der Waals surface area contributed by atoms with E-state index in [0.29, 0.717) is 11.8 Å². The molecular weight excluding hydrogens is 342 g/mol. The summed E-state index contributed by atoms with van der Waals surface area (Å²) in [6.07, 6.45) is 0. The van der Waals surface area contributed by atoms with Crippen LogP contribution in [0.4, 0.5) is 5.69 Å². The number of hydrogen-bond donors (Lipinski definition) is 0. The fraction of sp³-hybridized carbons (Fsp3) is 0.333. The number of para-hydroxylation sites is 1. The van der Waals surface area contributed by atoms with Gasteiger partial charge < -0.3 is 0 Å². The fourth-order valence-electron chi connectivity index (χ4n) is 2.17. The molecule has 21 heavy (non-hydrogen) atoms. The van der Waals surface area contributed by atoms with Crippen molar-refractivity contribution in [2.24, 2.45) is 3.50 Å². The van der Waals surface area contributed by atoms with Gasteiger partial charge in [-0.05, 0) is 0 Å². The van der Waals surface area contributed by atoms with Crippen molar-refractivity contribution in [3.63, 3.8) is 0 Å². The molecule has 111 valence electrons. The third kappa shape index (κ3) is 4.35. The number of benzene rings is 2. The summed E-state index contributed by atoms with van der Waals surface area (Å²) in [7, 11) is 0. The van der Waals surface area contributed by atoms with Crippen molar-refractivity contribution in [1.29, 1.82) is 0 Å². The first-order chi connectivity index (χ1) is 10.1. The monoisotopic (exact) mass is 366 g/mol. The zero-order valence-corrected chi connectivity index (χ0v) is 15.0. The van der Waals surface area contributed by atoms with Crippen LogP contribution in [0.25, 0.3) is 0 Å². The number of rotatable bonds is 5. The van der Waals surface area contributed by atoms with E-state index in [0.717, 1.165) is 11.4 Å². The van der Waals surface area contributed by atoms with Gasteiger partial charge in [-0.3, -0.25) is 0 Å². The Morgan fingerprint density at radius 1 is 0.810 bits per heavy atom. The molecule has 0 amide bonds. The Morgan fingerprint density at radius 2 is 1.38 bits per heavy atom. The molecule has 0 unspecified atom stereocenters. The summed E-state index contributed by atoms with van der Waals surface area (Å²) in [4.78, 5) is 0. The molecule has 0 heterocycles. The molecule has 3 heteroatoms. The third-order valence-electron chi connectivity index (χ3n) is 3.34. The molecule has 0 radical (unpaired) electrons. The Hall–Kier alpha value is -1.27. The van der Waals surface area contributed by atoms with Gasteiger partial charge in [-0.15, -0.1) is 0 Å². The van der Waals surface area contributed by atoms with E-state index in [1.165, 1.54) is 11.1 Å². The van der Waals surface area contributed by atoms with Gasteiger partial charge in [-0.25, -0.2) is 0 Å². The average molecular weight is 364 g/mol. The molecule has 0 fully saturated rings. The number of hydrogen-bond acceptors (Lipinski definition) is 2. The van der Waals surface area contributed by atoms with E-state index in [4.69, 9.17) is 3.39 Å². The quantitative estimate of drug-likeness (QED) is 0.612. The van der Waals surface area contributed by atoms with E-state index in [2.05, 4.69) is 49.4 Å². The van der Waals surface area contributed by atoms with Crippen LogP contribution in [0.2, 0.25) is 0 Å². The molecule has 0 aliphatic heterocycles. The average Bonchev–Trinajstić information content (AvgIpc) is 2.48. The van der Waals surface area contributed by atoms with Gasteiger partial charge >= 0.3 is 136 Å². The van der Waals surface area contributed by atoms with Gasteiger partial charge in [0.2, 0.25) is 0 Å². The molecule has 2 aromatic rings. The van der Waals surface area contributed by atoms with Crippen LogP contribution in [0.1, 0.15) is 50.7 Å². The molecule has 2 rings (SSSR count). The van der Waals surface area contributed by atoms with Crippen LogP contribution < -0.4 is 3.39 Å². The van der Waals surface area contributed by atoms with Crippen molar-refractivity contribution in [3.8, 4) is 5.75 Å². The molecule has 2 aromatic carbocycles. The Kier molecular flexibility index (Phi) is 5.87. The van der Waals surface area contributed by atoms with Crippen LogP contribution in [-0.2, 0) is 18.8 Å². The molecule has 0 saturated heterocycles. The molecule has 0 bridgehead atoms. The van der Waals surface area contributed by atoms with Crippen molar-refractivity contribution < 1.29 is 22.2 Å². The topological polar surface area (TPSA) is 21.6 Å². The first-order valence-electron chi connectivity index (χ1n) is 7.32. The summed E-state index contributed by atoms with van der Waals surface area (Å²) in [6.45, 7) is 8.84. The molecule has 0 saturated carbocycles. The zero-order valence-electron chi connectivity index (χ0n) is 13.0. The molecular formula is C18H22MoNO. The molecule has 0 aliphatic carbocycles. The van der Waals surface area contributed by atoms with E-state index in [9.17, 15) is 0 Å². The Morgan fingerprint density at radius 3 is 1.90 bits per heavy atom. The predicted octanol–water partition coefficient (Wildman–Crippen LogP) is 5.83. The molecule has 0 spiro atoms. The van der Waals surface area contributed by atoms with Gasteiger partial charge in [0.15, 0.2) is 0 Å². The van der Waals surface area contributed by atoms with Crippen molar-refractivity contribution in [1.82, 2.24) is 0 Å². The first-order valence-corrected chi connectivity index (χ1v) is 9.04. The second-order valence-electron chi connectivity index (χ2n) is 5.66. The summed E-state index contributed by atoms with van der Waals surface area (Å²) in [5.41, 5.74) is 3.58. The van der Waals surface area contributed by atoms with Gasteiger partial charge in [0.05, 0.1) is 0 Å². The Balaban J connectivity index is 2.27. The molecule has 0 aromatic heterocycles. The third-order valence-corrected chi connectivity index (χ3v) is 4.63. The Labute approximate surface area is 136 Å².